The lowest BCUT2D eigenvalue weighted by Crippen LogP contribution is -2.46. The summed E-state index contributed by atoms with van der Waals surface area (Å²) in [4.78, 5) is 21.8. The van der Waals surface area contributed by atoms with Crippen molar-refractivity contribution in [2.75, 3.05) is 37.6 Å². The number of carbonyl (C=O) groups is 1. The molecule has 1 fully saturated rings. The van der Waals surface area contributed by atoms with Crippen molar-refractivity contribution in [1.82, 2.24) is 25.0 Å². The number of rotatable bonds is 7. The number of para-hydroxylation sites is 1. The van der Waals surface area contributed by atoms with Crippen LogP contribution in [0.4, 0.5) is 5.82 Å². The van der Waals surface area contributed by atoms with Crippen LogP contribution in [0.15, 0.2) is 54.7 Å². The van der Waals surface area contributed by atoms with Gasteiger partial charge in [-0.2, -0.15) is 5.10 Å². The van der Waals surface area contributed by atoms with Gasteiger partial charge in [0.2, 0.25) is 5.91 Å². The molecule has 3 aromatic rings. The molecule has 3 heterocycles. The van der Waals surface area contributed by atoms with Crippen molar-refractivity contribution in [2.45, 2.75) is 27.3 Å². The van der Waals surface area contributed by atoms with Crippen molar-refractivity contribution in [2.24, 2.45) is 0 Å². The number of hydrogen-bond donors (Lipinski definition) is 1. The SMILES string of the molecule is CCN1CCN(c2ccc(CNC(=O)C=Cc3c(C)nn(-c4ccccc4)c3C)cn2)CC1. The first kappa shape index (κ1) is 22.7. The number of nitrogens with zero attached hydrogens (tertiary/aromatic N) is 5. The van der Waals surface area contributed by atoms with Crippen LogP contribution in [0.2, 0.25) is 0 Å². The predicted octanol–water partition coefficient (Wildman–Crippen LogP) is 3.36. The second-order valence-electron chi connectivity index (χ2n) is 8.33. The van der Waals surface area contributed by atoms with Crippen molar-refractivity contribution < 1.29 is 4.79 Å². The summed E-state index contributed by atoms with van der Waals surface area (Å²) in [6.07, 6.45) is 5.26. The van der Waals surface area contributed by atoms with E-state index in [1.807, 2.05) is 73.3 Å². The van der Waals surface area contributed by atoms with Crippen molar-refractivity contribution in [3.63, 3.8) is 0 Å². The summed E-state index contributed by atoms with van der Waals surface area (Å²) >= 11 is 0. The van der Waals surface area contributed by atoms with E-state index in [0.29, 0.717) is 6.54 Å². The topological polar surface area (TPSA) is 66.3 Å². The number of aryl methyl sites for hydroxylation is 1. The zero-order valence-electron chi connectivity index (χ0n) is 19.7. The third kappa shape index (κ3) is 5.49. The molecule has 0 atom stereocenters. The predicted molar refractivity (Wildman–Crippen MR) is 132 cm³/mol. The van der Waals surface area contributed by atoms with E-state index < -0.39 is 0 Å². The third-order valence-corrected chi connectivity index (χ3v) is 6.17. The van der Waals surface area contributed by atoms with Crippen molar-refractivity contribution in [3.05, 3.63) is 77.3 Å². The van der Waals surface area contributed by atoms with E-state index in [9.17, 15) is 4.79 Å². The molecule has 0 radical (unpaired) electrons. The molecular formula is C26H32N6O. The Balaban J connectivity index is 1.32. The maximum Gasteiger partial charge on any atom is 0.244 e. The number of hydrogen-bond acceptors (Lipinski definition) is 5. The molecule has 1 aliphatic heterocycles. The molecule has 1 aromatic carbocycles. The van der Waals surface area contributed by atoms with E-state index in [-0.39, 0.29) is 5.91 Å². The average molecular weight is 445 g/mol. The minimum atomic E-state index is -0.138. The van der Waals surface area contributed by atoms with Crippen LogP contribution in [0, 0.1) is 13.8 Å². The molecule has 1 amide bonds. The van der Waals surface area contributed by atoms with Gasteiger partial charge in [0, 0.05) is 56.3 Å². The second-order valence-corrected chi connectivity index (χ2v) is 8.33. The Morgan fingerprint density at radius 3 is 2.48 bits per heavy atom. The summed E-state index contributed by atoms with van der Waals surface area (Å²) in [5.74, 6) is 0.864. The number of anilines is 1. The molecule has 7 heteroatoms. The van der Waals surface area contributed by atoms with Gasteiger partial charge < -0.3 is 15.1 Å². The molecular weight excluding hydrogens is 412 g/mol. The summed E-state index contributed by atoms with van der Waals surface area (Å²) in [5.41, 5.74) is 4.84. The van der Waals surface area contributed by atoms with Crippen LogP contribution in [0.5, 0.6) is 0 Å². The number of piperazine rings is 1. The first-order chi connectivity index (χ1) is 16.0. The molecule has 0 saturated carbocycles. The third-order valence-electron chi connectivity index (χ3n) is 6.17. The maximum absolute atomic E-state index is 12.4. The monoisotopic (exact) mass is 444 g/mol. The van der Waals surface area contributed by atoms with Gasteiger partial charge in [0.15, 0.2) is 0 Å². The van der Waals surface area contributed by atoms with Gasteiger partial charge in [-0.3, -0.25) is 4.79 Å². The largest absolute Gasteiger partial charge is 0.354 e. The van der Waals surface area contributed by atoms with E-state index >= 15 is 0 Å². The highest BCUT2D eigenvalue weighted by Gasteiger charge is 2.16. The molecule has 0 aliphatic carbocycles. The van der Waals surface area contributed by atoms with Crippen LogP contribution in [0.3, 0.4) is 0 Å². The Bertz CT molecular complexity index is 1100. The Hall–Kier alpha value is -3.45. The van der Waals surface area contributed by atoms with Crippen molar-refractivity contribution >= 4 is 17.8 Å². The smallest absolute Gasteiger partial charge is 0.244 e. The van der Waals surface area contributed by atoms with Crippen LogP contribution < -0.4 is 10.2 Å². The molecule has 0 bridgehead atoms. The van der Waals surface area contributed by atoms with E-state index in [1.165, 1.54) is 0 Å². The summed E-state index contributed by atoms with van der Waals surface area (Å²) in [6, 6.07) is 14.1. The average Bonchev–Trinajstić information content (AvgIpc) is 3.15. The number of pyridine rings is 1. The Morgan fingerprint density at radius 1 is 1.06 bits per heavy atom. The summed E-state index contributed by atoms with van der Waals surface area (Å²) in [5, 5.41) is 7.57. The number of nitrogens with one attached hydrogen (secondary N) is 1. The van der Waals surface area contributed by atoms with E-state index in [1.54, 1.807) is 6.08 Å². The number of benzene rings is 1. The molecule has 7 nitrogen and oxygen atoms in total. The fourth-order valence-electron chi connectivity index (χ4n) is 4.13. The van der Waals surface area contributed by atoms with Crippen LogP contribution >= 0.6 is 0 Å². The standard InChI is InChI=1S/C26H32N6O/c1-4-30-14-16-31(17-15-30)25-12-10-22(18-27-25)19-28-26(33)13-11-24-20(2)29-32(21(24)3)23-8-6-5-7-9-23/h5-13,18H,4,14-17,19H2,1-3H3,(H,28,33). The van der Waals surface area contributed by atoms with Crippen LogP contribution in [-0.2, 0) is 11.3 Å². The van der Waals surface area contributed by atoms with E-state index in [4.69, 9.17) is 0 Å². The zero-order valence-corrected chi connectivity index (χ0v) is 19.7. The molecule has 1 saturated heterocycles. The zero-order chi connectivity index (χ0) is 23.2. The molecule has 172 valence electrons. The summed E-state index contributed by atoms with van der Waals surface area (Å²) < 4.78 is 1.91. The number of amides is 1. The first-order valence-corrected chi connectivity index (χ1v) is 11.5. The highest BCUT2D eigenvalue weighted by atomic mass is 16.1. The molecule has 33 heavy (non-hydrogen) atoms. The van der Waals surface area contributed by atoms with Crippen molar-refractivity contribution in [1.29, 1.82) is 0 Å². The van der Waals surface area contributed by atoms with Gasteiger partial charge in [-0.05, 0) is 50.2 Å². The van der Waals surface area contributed by atoms with E-state index in [0.717, 1.165) is 66.7 Å². The second kappa shape index (κ2) is 10.4. The lowest BCUT2D eigenvalue weighted by molar-refractivity contribution is -0.116. The molecule has 0 unspecified atom stereocenters. The minimum absolute atomic E-state index is 0.138. The number of carbonyl (C=O) groups excluding carboxylic acids is 1. The fraction of sp³-hybridized carbons (Fsp3) is 0.346. The summed E-state index contributed by atoms with van der Waals surface area (Å²) in [6.45, 7) is 11.9. The van der Waals surface area contributed by atoms with Crippen LogP contribution in [0.1, 0.15) is 29.4 Å². The minimum Gasteiger partial charge on any atom is -0.354 e. The Labute approximate surface area is 195 Å². The van der Waals surface area contributed by atoms with Crippen LogP contribution in [-0.4, -0.2) is 58.3 Å². The maximum atomic E-state index is 12.4. The highest BCUT2D eigenvalue weighted by molar-refractivity contribution is 5.92. The van der Waals surface area contributed by atoms with Gasteiger partial charge in [-0.15, -0.1) is 0 Å². The van der Waals surface area contributed by atoms with Gasteiger partial charge in [0.25, 0.3) is 0 Å². The van der Waals surface area contributed by atoms with Gasteiger partial charge in [0.05, 0.1) is 11.4 Å². The van der Waals surface area contributed by atoms with Crippen molar-refractivity contribution in [3.8, 4) is 5.69 Å². The summed E-state index contributed by atoms with van der Waals surface area (Å²) in [7, 11) is 0. The van der Waals surface area contributed by atoms with Crippen LogP contribution in [0.25, 0.3) is 11.8 Å². The highest BCUT2D eigenvalue weighted by Crippen LogP contribution is 2.19. The van der Waals surface area contributed by atoms with Gasteiger partial charge in [0.1, 0.15) is 5.82 Å². The fourth-order valence-corrected chi connectivity index (χ4v) is 4.13. The normalized spacial score (nSPS) is 14.7. The Kier molecular flexibility index (Phi) is 7.19. The molecule has 1 aliphatic rings. The first-order valence-electron chi connectivity index (χ1n) is 11.5. The van der Waals surface area contributed by atoms with Gasteiger partial charge >= 0.3 is 0 Å². The number of aromatic nitrogens is 3. The lowest BCUT2D eigenvalue weighted by atomic mass is 10.2. The molecule has 1 N–H and O–H groups in total. The van der Waals surface area contributed by atoms with E-state index in [2.05, 4.69) is 32.1 Å². The quantitative estimate of drug-likeness (QED) is 0.566. The molecule has 0 spiro atoms. The lowest BCUT2D eigenvalue weighted by Gasteiger charge is -2.34. The number of likely N-dealkylation sites (N-methyl/N-ethyl adjacent to an activating group) is 1. The van der Waals surface area contributed by atoms with Gasteiger partial charge in [-0.1, -0.05) is 31.2 Å². The van der Waals surface area contributed by atoms with Gasteiger partial charge in [-0.25, -0.2) is 9.67 Å². The molecule has 4 rings (SSSR count). The molecule has 2 aromatic heterocycles. The Morgan fingerprint density at radius 2 is 1.82 bits per heavy atom.